The Morgan fingerprint density at radius 1 is 1.40 bits per heavy atom. The maximum atomic E-state index is 13.4. The Balaban J connectivity index is 2.02. The standard InChI is InChI=1S/C19H29N5O/c1-5-10-23(15-6-8-20-9-7-15)19(25)16-11-14(4)22-18-17(16)12-21-24(18)13(2)3/h11-13,15,20H,5-10H2,1-4H3. The lowest BCUT2D eigenvalue weighted by Gasteiger charge is -2.34. The minimum atomic E-state index is 0.118. The summed E-state index contributed by atoms with van der Waals surface area (Å²) >= 11 is 0. The van der Waals surface area contributed by atoms with Crippen molar-refractivity contribution in [1.29, 1.82) is 0 Å². The molecule has 1 aliphatic rings. The molecule has 136 valence electrons. The molecule has 1 fully saturated rings. The lowest BCUT2D eigenvalue weighted by atomic mass is 10.0. The number of carbonyl (C=O) groups excluding carboxylic acids is 1. The molecule has 1 N–H and O–H groups in total. The maximum absolute atomic E-state index is 13.4. The SMILES string of the molecule is CCCN(C(=O)c1cc(C)nc2c1cnn2C(C)C)C1CCNCC1. The van der Waals surface area contributed by atoms with Crippen LogP contribution in [0.1, 0.15) is 62.1 Å². The van der Waals surface area contributed by atoms with Gasteiger partial charge in [0.15, 0.2) is 5.65 Å². The van der Waals surface area contributed by atoms with E-state index in [1.165, 1.54) is 0 Å². The minimum absolute atomic E-state index is 0.118. The normalized spacial score (nSPS) is 15.9. The quantitative estimate of drug-likeness (QED) is 0.907. The van der Waals surface area contributed by atoms with Crippen LogP contribution >= 0.6 is 0 Å². The van der Waals surface area contributed by atoms with Gasteiger partial charge < -0.3 is 10.2 Å². The first-order chi connectivity index (χ1) is 12.0. The molecule has 0 saturated carbocycles. The molecule has 0 atom stereocenters. The van der Waals surface area contributed by atoms with Crippen molar-refractivity contribution in [3.8, 4) is 0 Å². The van der Waals surface area contributed by atoms with Gasteiger partial charge in [0, 0.05) is 24.3 Å². The van der Waals surface area contributed by atoms with Crippen LogP contribution < -0.4 is 5.32 Å². The third kappa shape index (κ3) is 3.54. The van der Waals surface area contributed by atoms with Crippen molar-refractivity contribution in [3.05, 3.63) is 23.5 Å². The van der Waals surface area contributed by atoms with Crippen LogP contribution in [0.3, 0.4) is 0 Å². The van der Waals surface area contributed by atoms with Crippen molar-refractivity contribution < 1.29 is 4.79 Å². The summed E-state index contributed by atoms with van der Waals surface area (Å²) in [6.45, 7) is 11.0. The minimum Gasteiger partial charge on any atom is -0.336 e. The van der Waals surface area contributed by atoms with Crippen LogP contribution in [-0.4, -0.2) is 51.2 Å². The van der Waals surface area contributed by atoms with E-state index in [1.54, 1.807) is 6.20 Å². The molecule has 3 heterocycles. The molecular weight excluding hydrogens is 314 g/mol. The van der Waals surface area contributed by atoms with Crippen molar-refractivity contribution in [2.45, 2.75) is 59.0 Å². The first-order valence-corrected chi connectivity index (χ1v) is 9.39. The Labute approximate surface area is 149 Å². The van der Waals surface area contributed by atoms with E-state index < -0.39 is 0 Å². The van der Waals surface area contributed by atoms with Gasteiger partial charge in [-0.3, -0.25) is 4.79 Å². The summed E-state index contributed by atoms with van der Waals surface area (Å²) in [5.74, 6) is 0.118. The molecule has 1 amide bonds. The van der Waals surface area contributed by atoms with Gasteiger partial charge in [-0.15, -0.1) is 0 Å². The average Bonchev–Trinajstić information content (AvgIpc) is 3.03. The van der Waals surface area contributed by atoms with E-state index in [1.807, 2.05) is 17.7 Å². The van der Waals surface area contributed by atoms with Gasteiger partial charge in [0.25, 0.3) is 5.91 Å². The van der Waals surface area contributed by atoms with Gasteiger partial charge in [0.05, 0.1) is 17.1 Å². The van der Waals surface area contributed by atoms with Crippen LogP contribution in [0, 0.1) is 6.92 Å². The molecule has 0 unspecified atom stereocenters. The summed E-state index contributed by atoms with van der Waals surface area (Å²) in [5, 5.41) is 8.71. The number of nitrogens with zero attached hydrogens (tertiary/aromatic N) is 4. The molecule has 1 aliphatic heterocycles. The lowest BCUT2D eigenvalue weighted by Crippen LogP contribution is -2.46. The van der Waals surface area contributed by atoms with Gasteiger partial charge in [-0.1, -0.05) is 6.92 Å². The number of aromatic nitrogens is 3. The van der Waals surface area contributed by atoms with Crippen molar-refractivity contribution in [1.82, 2.24) is 25.0 Å². The van der Waals surface area contributed by atoms with Crippen LogP contribution in [-0.2, 0) is 0 Å². The third-order valence-corrected chi connectivity index (χ3v) is 4.89. The summed E-state index contributed by atoms with van der Waals surface area (Å²) in [4.78, 5) is 20.1. The topological polar surface area (TPSA) is 63.1 Å². The maximum Gasteiger partial charge on any atom is 0.254 e. The zero-order valence-corrected chi connectivity index (χ0v) is 15.7. The Hall–Kier alpha value is -1.95. The Kier molecular flexibility index (Phi) is 5.37. The number of hydrogen-bond donors (Lipinski definition) is 1. The Morgan fingerprint density at radius 2 is 2.12 bits per heavy atom. The van der Waals surface area contributed by atoms with Crippen LogP contribution in [0.25, 0.3) is 11.0 Å². The fraction of sp³-hybridized carbons (Fsp3) is 0.632. The van der Waals surface area contributed by atoms with E-state index in [0.717, 1.165) is 61.2 Å². The highest BCUT2D eigenvalue weighted by Crippen LogP contribution is 2.24. The van der Waals surface area contributed by atoms with E-state index in [2.05, 4.69) is 41.1 Å². The average molecular weight is 343 g/mol. The van der Waals surface area contributed by atoms with Gasteiger partial charge in [-0.05, 0) is 59.2 Å². The zero-order valence-electron chi connectivity index (χ0n) is 15.7. The van der Waals surface area contributed by atoms with Crippen molar-refractivity contribution >= 4 is 16.9 Å². The molecule has 2 aromatic heterocycles. The van der Waals surface area contributed by atoms with Crippen LogP contribution in [0.2, 0.25) is 0 Å². The number of piperidine rings is 1. The van der Waals surface area contributed by atoms with Crippen molar-refractivity contribution in [2.75, 3.05) is 19.6 Å². The third-order valence-electron chi connectivity index (χ3n) is 4.89. The molecule has 6 heteroatoms. The molecule has 2 aromatic rings. The largest absolute Gasteiger partial charge is 0.336 e. The second-order valence-electron chi connectivity index (χ2n) is 7.21. The molecule has 25 heavy (non-hydrogen) atoms. The highest BCUT2D eigenvalue weighted by Gasteiger charge is 2.27. The molecule has 0 bridgehead atoms. The zero-order chi connectivity index (χ0) is 18.0. The number of nitrogens with one attached hydrogen (secondary N) is 1. The Bertz CT molecular complexity index is 746. The molecule has 0 aliphatic carbocycles. The molecule has 0 spiro atoms. The highest BCUT2D eigenvalue weighted by molar-refractivity contribution is 6.05. The number of hydrogen-bond acceptors (Lipinski definition) is 4. The summed E-state index contributed by atoms with van der Waals surface area (Å²) in [6.07, 6.45) is 4.80. The van der Waals surface area contributed by atoms with Gasteiger partial charge in [-0.25, -0.2) is 9.67 Å². The van der Waals surface area contributed by atoms with Crippen molar-refractivity contribution in [3.63, 3.8) is 0 Å². The van der Waals surface area contributed by atoms with Crippen molar-refractivity contribution in [2.24, 2.45) is 0 Å². The first kappa shape index (κ1) is 17.9. The second-order valence-corrected chi connectivity index (χ2v) is 7.21. The lowest BCUT2D eigenvalue weighted by molar-refractivity contribution is 0.0644. The Morgan fingerprint density at radius 3 is 2.76 bits per heavy atom. The highest BCUT2D eigenvalue weighted by atomic mass is 16.2. The number of aryl methyl sites for hydroxylation is 1. The van der Waals surface area contributed by atoms with Crippen LogP contribution in [0.4, 0.5) is 0 Å². The second kappa shape index (κ2) is 7.52. The number of fused-ring (bicyclic) bond motifs is 1. The number of carbonyl (C=O) groups is 1. The first-order valence-electron chi connectivity index (χ1n) is 9.39. The molecule has 1 saturated heterocycles. The van der Waals surface area contributed by atoms with Crippen LogP contribution in [0.15, 0.2) is 12.3 Å². The van der Waals surface area contributed by atoms with E-state index in [0.29, 0.717) is 6.04 Å². The fourth-order valence-electron chi connectivity index (χ4n) is 3.66. The molecule has 3 rings (SSSR count). The molecular formula is C19H29N5O. The summed E-state index contributed by atoms with van der Waals surface area (Å²) in [5.41, 5.74) is 2.40. The van der Waals surface area contributed by atoms with E-state index in [-0.39, 0.29) is 11.9 Å². The van der Waals surface area contributed by atoms with E-state index in [9.17, 15) is 4.79 Å². The number of rotatable bonds is 5. The van der Waals surface area contributed by atoms with Gasteiger partial charge >= 0.3 is 0 Å². The van der Waals surface area contributed by atoms with Gasteiger partial charge in [0.1, 0.15) is 0 Å². The molecule has 6 nitrogen and oxygen atoms in total. The van der Waals surface area contributed by atoms with E-state index in [4.69, 9.17) is 0 Å². The molecule has 0 aromatic carbocycles. The number of amides is 1. The summed E-state index contributed by atoms with van der Waals surface area (Å²) in [7, 11) is 0. The predicted molar refractivity (Wildman–Crippen MR) is 99.9 cm³/mol. The predicted octanol–water partition coefficient (Wildman–Crippen LogP) is 2.92. The summed E-state index contributed by atoms with van der Waals surface area (Å²) in [6, 6.07) is 2.45. The number of pyridine rings is 1. The van der Waals surface area contributed by atoms with Gasteiger partial charge in [-0.2, -0.15) is 5.10 Å². The molecule has 0 radical (unpaired) electrons. The van der Waals surface area contributed by atoms with Gasteiger partial charge in [0.2, 0.25) is 0 Å². The summed E-state index contributed by atoms with van der Waals surface area (Å²) < 4.78 is 1.90. The monoisotopic (exact) mass is 343 g/mol. The smallest absolute Gasteiger partial charge is 0.254 e. The fourth-order valence-corrected chi connectivity index (χ4v) is 3.66. The van der Waals surface area contributed by atoms with E-state index >= 15 is 0 Å². The van der Waals surface area contributed by atoms with Crippen LogP contribution in [0.5, 0.6) is 0 Å².